The maximum atomic E-state index is 10.8. The number of nitrogen functional groups attached to an aromatic ring is 1. The van der Waals surface area contributed by atoms with Crippen LogP contribution in [0, 0.1) is 17.0 Å². The van der Waals surface area contributed by atoms with Gasteiger partial charge in [-0.05, 0) is 37.7 Å². The van der Waals surface area contributed by atoms with Crippen molar-refractivity contribution in [3.05, 3.63) is 40.1 Å². The molecule has 1 aliphatic heterocycles. The molecule has 0 spiro atoms. The van der Waals surface area contributed by atoms with E-state index >= 15 is 0 Å². The minimum absolute atomic E-state index is 0.159. The van der Waals surface area contributed by atoms with Crippen molar-refractivity contribution in [3.8, 4) is 0 Å². The van der Waals surface area contributed by atoms with Crippen molar-refractivity contribution in [2.75, 3.05) is 49.2 Å². The number of nitro groups is 1. The van der Waals surface area contributed by atoms with Gasteiger partial charge in [0.25, 0.3) is 0 Å². The zero-order valence-electron chi connectivity index (χ0n) is 14.3. The fourth-order valence-corrected chi connectivity index (χ4v) is 2.85. The second kappa shape index (κ2) is 6.89. The van der Waals surface area contributed by atoms with Crippen molar-refractivity contribution in [2.24, 2.45) is 0 Å². The van der Waals surface area contributed by atoms with E-state index < -0.39 is 4.92 Å². The quantitative estimate of drug-likeness (QED) is 0.638. The smallest absolute Gasteiger partial charge is 0.329 e. The molecule has 3 N–H and O–H groups in total. The Hall–Kier alpha value is -2.94. The van der Waals surface area contributed by atoms with E-state index in [9.17, 15) is 10.1 Å². The van der Waals surface area contributed by atoms with Gasteiger partial charge >= 0.3 is 5.69 Å². The molecule has 9 nitrogen and oxygen atoms in total. The van der Waals surface area contributed by atoms with Crippen LogP contribution in [0.15, 0.2) is 24.4 Å². The molecule has 0 aliphatic carbocycles. The molecule has 2 aromatic rings. The number of aryl methyl sites for hydroxylation is 1. The highest BCUT2D eigenvalue weighted by Gasteiger charge is 2.17. The molecular formula is C16H21N7O2. The first-order chi connectivity index (χ1) is 11.9. The van der Waals surface area contributed by atoms with Gasteiger partial charge in [0.15, 0.2) is 0 Å². The Labute approximate surface area is 145 Å². The highest BCUT2D eigenvalue weighted by molar-refractivity contribution is 5.65. The third-order valence-corrected chi connectivity index (χ3v) is 4.29. The molecular weight excluding hydrogens is 322 g/mol. The topological polar surface area (TPSA) is 113 Å². The van der Waals surface area contributed by atoms with Crippen molar-refractivity contribution in [3.63, 3.8) is 0 Å². The molecule has 1 saturated heterocycles. The summed E-state index contributed by atoms with van der Waals surface area (Å²) in [5, 5.41) is 13.8. The molecule has 25 heavy (non-hydrogen) atoms. The van der Waals surface area contributed by atoms with Gasteiger partial charge in [-0.15, -0.1) is 0 Å². The molecule has 9 heteroatoms. The first kappa shape index (κ1) is 16.9. The maximum absolute atomic E-state index is 10.8. The molecule has 1 fully saturated rings. The zero-order chi connectivity index (χ0) is 18.0. The number of nitrogens with one attached hydrogen (secondary N) is 1. The molecule has 0 atom stereocenters. The first-order valence-electron chi connectivity index (χ1n) is 8.02. The molecule has 1 aromatic heterocycles. The van der Waals surface area contributed by atoms with Crippen LogP contribution in [-0.2, 0) is 0 Å². The lowest BCUT2D eigenvalue weighted by Crippen LogP contribution is -2.44. The van der Waals surface area contributed by atoms with Gasteiger partial charge in [0.2, 0.25) is 11.8 Å². The van der Waals surface area contributed by atoms with Crippen LogP contribution in [0.2, 0.25) is 0 Å². The minimum Gasteiger partial charge on any atom is -0.378 e. The largest absolute Gasteiger partial charge is 0.378 e. The summed E-state index contributed by atoms with van der Waals surface area (Å²) in [5.41, 5.74) is 8.46. The molecule has 0 radical (unpaired) electrons. The summed E-state index contributed by atoms with van der Waals surface area (Å²) in [5.74, 6) is 0.0723. The number of hydrogen-bond acceptors (Lipinski definition) is 8. The fourth-order valence-electron chi connectivity index (χ4n) is 2.85. The third-order valence-electron chi connectivity index (χ3n) is 4.29. The number of rotatable bonds is 4. The van der Waals surface area contributed by atoms with Gasteiger partial charge in [0, 0.05) is 37.6 Å². The van der Waals surface area contributed by atoms with Crippen LogP contribution in [-0.4, -0.2) is 53.0 Å². The van der Waals surface area contributed by atoms with Gasteiger partial charge in [-0.1, -0.05) is 0 Å². The summed E-state index contributed by atoms with van der Waals surface area (Å²) in [6.45, 7) is 6.17. The van der Waals surface area contributed by atoms with Gasteiger partial charge in [-0.2, -0.15) is 4.98 Å². The van der Waals surface area contributed by atoms with Crippen LogP contribution < -0.4 is 16.0 Å². The van der Waals surface area contributed by atoms with Gasteiger partial charge in [-0.3, -0.25) is 10.1 Å². The maximum Gasteiger partial charge on any atom is 0.329 e. The van der Waals surface area contributed by atoms with E-state index in [1.54, 1.807) is 0 Å². The van der Waals surface area contributed by atoms with Crippen LogP contribution in [0.5, 0.6) is 0 Å². The summed E-state index contributed by atoms with van der Waals surface area (Å²) in [7, 11) is 2.13. The lowest BCUT2D eigenvalue weighted by Gasteiger charge is -2.35. The summed E-state index contributed by atoms with van der Waals surface area (Å²) in [6.07, 6.45) is 1.11. The van der Waals surface area contributed by atoms with Crippen molar-refractivity contribution in [1.29, 1.82) is 0 Å². The van der Waals surface area contributed by atoms with Gasteiger partial charge in [0.1, 0.15) is 6.20 Å². The van der Waals surface area contributed by atoms with E-state index in [0.29, 0.717) is 0 Å². The second-order valence-electron chi connectivity index (χ2n) is 6.14. The molecule has 0 bridgehead atoms. The third kappa shape index (κ3) is 3.77. The van der Waals surface area contributed by atoms with E-state index in [1.165, 1.54) is 5.69 Å². The Balaban J connectivity index is 1.75. The van der Waals surface area contributed by atoms with E-state index in [4.69, 9.17) is 5.73 Å². The Morgan fingerprint density at radius 1 is 1.28 bits per heavy atom. The molecule has 0 unspecified atom stereocenters. The summed E-state index contributed by atoms with van der Waals surface area (Å²) >= 11 is 0. The Bertz CT molecular complexity index is 788. The summed E-state index contributed by atoms with van der Waals surface area (Å²) in [4.78, 5) is 22.7. The van der Waals surface area contributed by atoms with E-state index in [2.05, 4.69) is 45.1 Å². The van der Waals surface area contributed by atoms with E-state index in [0.717, 1.165) is 43.6 Å². The number of nitrogens with two attached hydrogens (primary N) is 1. The van der Waals surface area contributed by atoms with Crippen molar-refractivity contribution < 1.29 is 4.92 Å². The number of anilines is 4. The predicted molar refractivity (Wildman–Crippen MR) is 97.3 cm³/mol. The van der Waals surface area contributed by atoms with Crippen LogP contribution in [0.25, 0.3) is 0 Å². The molecule has 1 aromatic carbocycles. The number of likely N-dealkylation sites (N-methyl/N-ethyl adjacent to an activating group) is 1. The highest BCUT2D eigenvalue weighted by Crippen LogP contribution is 2.26. The second-order valence-corrected chi connectivity index (χ2v) is 6.14. The van der Waals surface area contributed by atoms with Crippen LogP contribution >= 0.6 is 0 Å². The van der Waals surface area contributed by atoms with Crippen molar-refractivity contribution in [1.82, 2.24) is 14.9 Å². The van der Waals surface area contributed by atoms with Crippen molar-refractivity contribution in [2.45, 2.75) is 6.92 Å². The summed E-state index contributed by atoms with van der Waals surface area (Å²) < 4.78 is 0. The molecule has 3 rings (SSSR count). The molecule has 132 valence electrons. The van der Waals surface area contributed by atoms with Gasteiger partial charge in [-0.25, -0.2) is 4.98 Å². The average molecular weight is 343 g/mol. The molecule has 1 aliphatic rings. The van der Waals surface area contributed by atoms with E-state index in [-0.39, 0.29) is 17.5 Å². The predicted octanol–water partition coefficient (Wildman–Crippen LogP) is 1.77. The zero-order valence-corrected chi connectivity index (χ0v) is 14.3. The van der Waals surface area contributed by atoms with Crippen LogP contribution in [0.4, 0.5) is 28.8 Å². The highest BCUT2D eigenvalue weighted by atomic mass is 16.6. The number of hydrogen-bond donors (Lipinski definition) is 2. The number of nitrogens with zero attached hydrogens (tertiary/aromatic N) is 5. The normalized spacial score (nSPS) is 15.2. The van der Waals surface area contributed by atoms with Gasteiger partial charge < -0.3 is 20.9 Å². The first-order valence-corrected chi connectivity index (χ1v) is 8.02. The monoisotopic (exact) mass is 343 g/mol. The van der Waals surface area contributed by atoms with Crippen molar-refractivity contribution >= 4 is 28.8 Å². The van der Waals surface area contributed by atoms with E-state index in [1.807, 2.05) is 12.1 Å². The molecule has 0 amide bonds. The SMILES string of the molecule is Cc1cc(Nc2ncc([N+](=O)[O-])c(N)n2)ccc1N1CCN(C)CC1. The van der Waals surface area contributed by atoms with Crippen LogP contribution in [0.1, 0.15) is 5.56 Å². The van der Waals surface area contributed by atoms with Crippen LogP contribution in [0.3, 0.4) is 0 Å². The standard InChI is InChI=1S/C16H21N7O2/c1-11-9-12(3-4-13(11)22-7-5-21(2)6-8-22)19-16-18-10-14(23(24)25)15(17)20-16/h3-4,9-10H,5-8H2,1-2H3,(H3,17,18,19,20). The number of aromatic nitrogens is 2. The van der Waals surface area contributed by atoms with Gasteiger partial charge in [0.05, 0.1) is 4.92 Å². The average Bonchev–Trinajstić information content (AvgIpc) is 2.56. The molecule has 0 saturated carbocycles. The molecule has 2 heterocycles. The lowest BCUT2D eigenvalue weighted by atomic mass is 10.1. The number of benzene rings is 1. The lowest BCUT2D eigenvalue weighted by molar-refractivity contribution is -0.384. The number of piperazine rings is 1. The minimum atomic E-state index is -0.603. The Morgan fingerprint density at radius 3 is 2.60 bits per heavy atom. The Kier molecular flexibility index (Phi) is 4.66. The fraction of sp³-hybridized carbons (Fsp3) is 0.375. The summed E-state index contributed by atoms with van der Waals surface area (Å²) in [6, 6.07) is 6.02. The Morgan fingerprint density at radius 2 is 2.00 bits per heavy atom.